The van der Waals surface area contributed by atoms with Crippen molar-refractivity contribution in [1.29, 1.82) is 0 Å². The van der Waals surface area contributed by atoms with Crippen molar-refractivity contribution in [3.8, 4) is 0 Å². The van der Waals surface area contributed by atoms with Gasteiger partial charge in [-0.05, 0) is 43.9 Å². The molecule has 0 spiro atoms. The zero-order valence-electron chi connectivity index (χ0n) is 15.9. The normalized spacial score (nSPS) is 29.6. The van der Waals surface area contributed by atoms with E-state index in [1.54, 1.807) is 0 Å². The Bertz CT molecular complexity index is 473. The summed E-state index contributed by atoms with van der Waals surface area (Å²) in [5.41, 5.74) is 0. The molecule has 1 aliphatic carbocycles. The molecule has 148 valence electrons. The lowest BCUT2D eigenvalue weighted by Gasteiger charge is -2.31. The van der Waals surface area contributed by atoms with Crippen LogP contribution in [0.3, 0.4) is 0 Å². The molecule has 1 saturated heterocycles. The third-order valence-corrected chi connectivity index (χ3v) is 5.39. The molecule has 1 aliphatic heterocycles. The molecule has 5 nitrogen and oxygen atoms in total. The lowest BCUT2D eigenvalue weighted by atomic mass is 9.74. The maximum atomic E-state index is 10.5. The van der Waals surface area contributed by atoms with Gasteiger partial charge in [0.15, 0.2) is 0 Å². The van der Waals surface area contributed by atoms with Crippen LogP contribution in [0.15, 0.2) is 24.3 Å². The second-order valence-electron chi connectivity index (χ2n) is 7.59. The van der Waals surface area contributed by atoms with Crippen LogP contribution in [-0.2, 0) is 14.6 Å². The number of carboxylic acid groups (broad SMARTS) is 1. The van der Waals surface area contributed by atoms with E-state index in [4.69, 9.17) is 14.9 Å². The summed E-state index contributed by atoms with van der Waals surface area (Å²) in [5.74, 6) is -0.0368. The van der Waals surface area contributed by atoms with Crippen LogP contribution in [0.1, 0.15) is 71.1 Å². The SMILES string of the molecule is CCCCCC(O)C=CC1CC2CC(OO2)C1CC=CCCCC(=O)O. The van der Waals surface area contributed by atoms with Crippen LogP contribution >= 0.6 is 0 Å². The van der Waals surface area contributed by atoms with E-state index in [1.807, 2.05) is 6.08 Å². The number of aliphatic hydroxyl groups is 1. The smallest absolute Gasteiger partial charge is 0.303 e. The van der Waals surface area contributed by atoms with Crippen molar-refractivity contribution < 1.29 is 24.8 Å². The van der Waals surface area contributed by atoms with Gasteiger partial charge < -0.3 is 10.2 Å². The highest BCUT2D eigenvalue weighted by Crippen LogP contribution is 2.41. The molecule has 0 aromatic rings. The number of allylic oxidation sites excluding steroid dienone is 3. The first kappa shape index (κ1) is 21.1. The Morgan fingerprint density at radius 1 is 1.19 bits per heavy atom. The van der Waals surface area contributed by atoms with Gasteiger partial charge in [-0.3, -0.25) is 4.79 Å². The van der Waals surface area contributed by atoms with Crippen molar-refractivity contribution in [3.05, 3.63) is 24.3 Å². The number of rotatable bonds is 12. The molecule has 0 amide bonds. The monoisotopic (exact) mass is 366 g/mol. The fourth-order valence-electron chi connectivity index (χ4n) is 3.88. The van der Waals surface area contributed by atoms with Crippen LogP contribution in [-0.4, -0.2) is 34.5 Å². The van der Waals surface area contributed by atoms with E-state index in [0.717, 1.165) is 51.4 Å². The van der Waals surface area contributed by atoms with E-state index >= 15 is 0 Å². The summed E-state index contributed by atoms with van der Waals surface area (Å²) in [4.78, 5) is 21.5. The minimum Gasteiger partial charge on any atom is -0.481 e. The summed E-state index contributed by atoms with van der Waals surface area (Å²) in [6.07, 6.45) is 16.9. The van der Waals surface area contributed by atoms with E-state index in [0.29, 0.717) is 18.3 Å². The molecule has 0 aromatic heterocycles. The summed E-state index contributed by atoms with van der Waals surface area (Å²) < 4.78 is 0. The first-order valence-electron chi connectivity index (χ1n) is 10.2. The highest BCUT2D eigenvalue weighted by molar-refractivity contribution is 5.66. The van der Waals surface area contributed by atoms with Crippen LogP contribution in [0, 0.1) is 11.8 Å². The molecule has 5 heteroatoms. The van der Waals surface area contributed by atoms with Crippen LogP contribution in [0.2, 0.25) is 0 Å². The standard InChI is InChI=1S/C21H34O5/c1-2-3-6-9-17(22)13-12-16-14-18-15-20(26-25-18)19(16)10-7-4-5-8-11-21(23)24/h4,7,12-13,16-20,22H,2-3,5-6,8-11,14-15H2,1H3,(H,23,24). The van der Waals surface area contributed by atoms with Crippen molar-refractivity contribution in [2.75, 3.05) is 0 Å². The van der Waals surface area contributed by atoms with Gasteiger partial charge in [0, 0.05) is 12.8 Å². The molecule has 2 fully saturated rings. The minimum atomic E-state index is -0.740. The van der Waals surface area contributed by atoms with Gasteiger partial charge >= 0.3 is 5.97 Å². The van der Waals surface area contributed by atoms with E-state index in [1.165, 1.54) is 0 Å². The molecule has 0 radical (unpaired) electrons. The Hall–Kier alpha value is -1.17. The minimum absolute atomic E-state index is 0.115. The summed E-state index contributed by atoms with van der Waals surface area (Å²) in [5, 5.41) is 18.8. The molecular formula is C21H34O5. The zero-order valence-corrected chi connectivity index (χ0v) is 15.9. The van der Waals surface area contributed by atoms with Gasteiger partial charge in [-0.15, -0.1) is 0 Å². The fourth-order valence-corrected chi connectivity index (χ4v) is 3.88. The Labute approximate surface area is 157 Å². The summed E-state index contributed by atoms with van der Waals surface area (Å²) in [6, 6.07) is 0. The number of unbranched alkanes of at least 4 members (excludes halogenated alkanes) is 3. The number of hydrogen-bond donors (Lipinski definition) is 2. The van der Waals surface area contributed by atoms with Crippen LogP contribution in [0.5, 0.6) is 0 Å². The highest BCUT2D eigenvalue weighted by Gasteiger charge is 2.43. The second-order valence-corrected chi connectivity index (χ2v) is 7.59. The lowest BCUT2D eigenvalue weighted by molar-refractivity contribution is -0.295. The summed E-state index contributed by atoms with van der Waals surface area (Å²) in [6.45, 7) is 2.17. The van der Waals surface area contributed by atoms with E-state index < -0.39 is 5.97 Å². The number of fused-ring (bicyclic) bond motifs is 2. The van der Waals surface area contributed by atoms with Crippen molar-refractivity contribution >= 4 is 5.97 Å². The highest BCUT2D eigenvalue weighted by atomic mass is 17.2. The van der Waals surface area contributed by atoms with Crippen molar-refractivity contribution in [3.63, 3.8) is 0 Å². The Balaban J connectivity index is 1.82. The lowest BCUT2D eigenvalue weighted by Crippen LogP contribution is -2.32. The third kappa shape index (κ3) is 7.22. The Morgan fingerprint density at radius 2 is 2.04 bits per heavy atom. The first-order valence-corrected chi connectivity index (χ1v) is 10.2. The van der Waals surface area contributed by atoms with E-state index in [2.05, 4.69) is 25.2 Å². The number of carbonyl (C=O) groups is 1. The average molecular weight is 366 g/mol. The molecule has 0 aromatic carbocycles. The number of aliphatic carboxylic acids is 1. The Morgan fingerprint density at radius 3 is 2.81 bits per heavy atom. The molecule has 2 aliphatic rings. The molecule has 5 unspecified atom stereocenters. The maximum absolute atomic E-state index is 10.5. The van der Waals surface area contributed by atoms with Gasteiger partial charge in [-0.25, -0.2) is 9.78 Å². The van der Waals surface area contributed by atoms with Gasteiger partial charge in [-0.1, -0.05) is 50.5 Å². The first-order chi connectivity index (χ1) is 12.6. The number of aliphatic hydroxyl groups excluding tert-OH is 1. The second kappa shape index (κ2) is 11.5. The molecule has 5 atom stereocenters. The molecule has 2 bridgehead atoms. The molecule has 1 saturated carbocycles. The molecule has 2 rings (SSSR count). The topological polar surface area (TPSA) is 76.0 Å². The summed E-state index contributed by atoms with van der Waals surface area (Å²) >= 11 is 0. The van der Waals surface area contributed by atoms with Gasteiger partial charge in [0.1, 0.15) is 0 Å². The molecule has 2 N–H and O–H groups in total. The van der Waals surface area contributed by atoms with Gasteiger partial charge in [0.25, 0.3) is 0 Å². The summed E-state index contributed by atoms with van der Waals surface area (Å²) in [7, 11) is 0. The fraction of sp³-hybridized carbons (Fsp3) is 0.762. The zero-order chi connectivity index (χ0) is 18.8. The molecule has 26 heavy (non-hydrogen) atoms. The molecule has 1 heterocycles. The van der Waals surface area contributed by atoms with Crippen molar-refractivity contribution in [2.45, 2.75) is 89.4 Å². The predicted molar refractivity (Wildman–Crippen MR) is 100 cm³/mol. The van der Waals surface area contributed by atoms with Gasteiger partial charge in [0.2, 0.25) is 0 Å². The Kier molecular flexibility index (Phi) is 9.37. The van der Waals surface area contributed by atoms with Gasteiger partial charge in [-0.2, -0.15) is 0 Å². The number of hydrogen-bond acceptors (Lipinski definition) is 4. The van der Waals surface area contributed by atoms with E-state index in [-0.39, 0.29) is 24.7 Å². The quantitative estimate of drug-likeness (QED) is 0.304. The van der Waals surface area contributed by atoms with Crippen molar-refractivity contribution in [1.82, 2.24) is 0 Å². The van der Waals surface area contributed by atoms with Crippen LogP contribution in [0.4, 0.5) is 0 Å². The largest absolute Gasteiger partial charge is 0.481 e. The van der Waals surface area contributed by atoms with Crippen molar-refractivity contribution in [2.24, 2.45) is 11.8 Å². The predicted octanol–water partition coefficient (Wildman–Crippen LogP) is 4.41. The number of carboxylic acids is 1. The van der Waals surface area contributed by atoms with E-state index in [9.17, 15) is 9.90 Å². The maximum Gasteiger partial charge on any atom is 0.303 e. The molecular weight excluding hydrogens is 332 g/mol. The van der Waals surface area contributed by atoms with Crippen LogP contribution in [0.25, 0.3) is 0 Å². The average Bonchev–Trinajstić information content (AvgIpc) is 3.00. The third-order valence-electron chi connectivity index (χ3n) is 5.39. The van der Waals surface area contributed by atoms with Crippen LogP contribution < -0.4 is 0 Å². The van der Waals surface area contributed by atoms with Gasteiger partial charge in [0.05, 0.1) is 18.3 Å².